The molecule has 0 spiro atoms. The molecule has 0 N–H and O–H groups in total. The van der Waals surface area contributed by atoms with Gasteiger partial charge in [-0.3, -0.25) is 0 Å². The van der Waals surface area contributed by atoms with Gasteiger partial charge in [0.05, 0.1) is 217 Å². The molecule has 0 aliphatic heterocycles. The highest BCUT2D eigenvalue weighted by Crippen LogP contribution is 2.32. The summed E-state index contributed by atoms with van der Waals surface area (Å²) in [5, 5.41) is 0. The summed E-state index contributed by atoms with van der Waals surface area (Å²) in [4.78, 5) is 0. The standard InChI is InChI=1S/CH57B53/c2-33(3)47(34(4)5)30(48(35(6)7)36(8)9)1(31(49(37(10)11)38(12)13)50(39(14)15)40(16)17)32(51(41(18)19)42(20)21)52(53(43(22)23)44(24)25)54(45(26)27)46(28)29/h1H,2-29H2. The van der Waals surface area contributed by atoms with E-state index in [1.165, 1.54) is 0 Å². The first-order valence-corrected chi connectivity index (χ1v) is 24.5. The minimum absolute atomic E-state index is 0.641. The van der Waals surface area contributed by atoms with E-state index in [1.54, 1.807) is 0 Å². The summed E-state index contributed by atoms with van der Waals surface area (Å²) in [6.45, 7) is 1.99. The fourth-order valence-corrected chi connectivity index (χ4v) is 15.5. The Labute approximate surface area is 379 Å². The molecule has 0 amide bonds. The van der Waals surface area contributed by atoms with Gasteiger partial charge in [0.1, 0.15) is 0 Å². The van der Waals surface area contributed by atoms with Crippen LogP contribution in [0.1, 0.15) is 0 Å². The zero-order valence-electron chi connectivity index (χ0n) is 43.0. The maximum Gasteiger partial charge on any atom is 0.0552 e. The van der Waals surface area contributed by atoms with Crippen molar-refractivity contribution < 1.29 is 0 Å². The first-order valence-electron chi connectivity index (χ1n) is 24.5. The molecule has 0 saturated heterocycles. The van der Waals surface area contributed by atoms with Crippen LogP contribution < -0.4 is 0 Å². The van der Waals surface area contributed by atoms with Crippen LogP contribution >= 0.6 is 0 Å². The van der Waals surface area contributed by atoms with Crippen LogP contribution in [0.4, 0.5) is 0 Å². The highest BCUT2D eigenvalue weighted by atomic mass is 13.7. The second-order valence-corrected chi connectivity index (χ2v) is 24.3. The Morgan fingerprint density at radius 3 is 0.370 bits per heavy atom. The van der Waals surface area contributed by atoms with Crippen LogP contribution in [0.2, 0.25) is 5.62 Å². The Balaban J connectivity index is 9.98. The SMILES string of the molecule is BB(B)B(B(B)B)B(B(B(B)B)B(B)B)B(B(B(B)B)B(B)B)C(B(B(B(B)B)B(B)B)B(B(B)B)B(B)B)B(B(B(B)B)B(B)B)B(B(B)B)B(B)B. The van der Waals surface area contributed by atoms with Crippen LogP contribution in [0.3, 0.4) is 0 Å². The lowest BCUT2D eigenvalue weighted by Gasteiger charge is -2.58. The largest absolute Gasteiger partial charge is 0.146 e. The van der Waals surface area contributed by atoms with Crippen molar-refractivity contribution in [3.05, 3.63) is 0 Å². The molecule has 0 aliphatic rings. The minimum atomic E-state index is 0.641. The Kier molecular flexibility index (Phi) is 27.8. The van der Waals surface area contributed by atoms with Crippen LogP contribution in [0, 0.1) is 0 Å². The van der Waals surface area contributed by atoms with Gasteiger partial charge in [-0.25, -0.2) is 0 Å². The third-order valence-corrected chi connectivity index (χ3v) is 15.7. The molecule has 0 unspecified atom stereocenters. The molecule has 0 aliphatic carbocycles. The van der Waals surface area contributed by atoms with Crippen molar-refractivity contribution in [1.82, 2.24) is 0 Å². The van der Waals surface area contributed by atoms with Gasteiger partial charge >= 0.3 is 0 Å². The Morgan fingerprint density at radius 2 is 0.259 bits per heavy atom. The van der Waals surface area contributed by atoms with Crippen molar-refractivity contribution in [3.8, 4) is 0 Å². The molecule has 0 aromatic heterocycles. The lowest BCUT2D eigenvalue weighted by Crippen LogP contribution is -2.90. The van der Waals surface area contributed by atoms with Gasteiger partial charge in [0.25, 0.3) is 0 Å². The van der Waals surface area contributed by atoms with Gasteiger partial charge in [0.2, 0.25) is 0 Å². The highest BCUT2D eigenvalue weighted by molar-refractivity contribution is 8.23. The third-order valence-electron chi connectivity index (χ3n) is 15.7. The van der Waals surface area contributed by atoms with Crippen LogP contribution in [-0.4, -0.2) is 377 Å². The molecule has 0 fully saturated rings. The zero-order chi connectivity index (χ0) is 43.0. The molecule has 0 heterocycles. The van der Waals surface area contributed by atoms with Gasteiger partial charge in [0.15, 0.2) is 0 Å². The number of rotatable bonds is 25. The maximum atomic E-state index is 2.64. The summed E-state index contributed by atoms with van der Waals surface area (Å²) in [5.74, 6) is 0. The van der Waals surface area contributed by atoms with Gasteiger partial charge in [-0.2, -0.15) is 0 Å². The average Bonchev–Trinajstić information content (AvgIpc) is 2.93. The van der Waals surface area contributed by atoms with Gasteiger partial charge in [-0.15, -0.1) is 5.62 Å². The summed E-state index contributed by atoms with van der Waals surface area (Å²) in [7, 11) is 73.4. The van der Waals surface area contributed by atoms with E-state index in [1.807, 2.05) is 0 Å². The molecule has 0 saturated carbocycles. The van der Waals surface area contributed by atoms with Crippen LogP contribution in [-0.2, 0) is 0 Å². The molecule has 0 radical (unpaired) electrons. The second-order valence-electron chi connectivity index (χ2n) is 24.3. The summed E-state index contributed by atoms with van der Waals surface area (Å²) in [5.41, 5.74) is 0.652. The molecular formula is CH57B53. The lowest BCUT2D eigenvalue weighted by atomic mass is 8.33. The van der Waals surface area contributed by atoms with E-state index in [-0.39, 0.29) is 0 Å². The van der Waals surface area contributed by atoms with Gasteiger partial charge in [0, 0.05) is 160 Å². The molecule has 0 aromatic carbocycles. The van der Waals surface area contributed by atoms with E-state index < -0.39 is 0 Å². The van der Waals surface area contributed by atoms with Gasteiger partial charge in [-0.1, -0.05) is 0 Å². The summed E-state index contributed by atoms with van der Waals surface area (Å²) < 4.78 is 0. The molecule has 0 rings (SSSR count). The van der Waals surface area contributed by atoms with Crippen LogP contribution in [0.15, 0.2) is 0 Å². The van der Waals surface area contributed by atoms with Gasteiger partial charge < -0.3 is 0 Å². The molecule has 220 valence electrons. The topological polar surface area (TPSA) is 0 Å². The normalized spacial score (nSPS) is 9.87. The van der Waals surface area contributed by atoms with Crippen LogP contribution in [0.25, 0.3) is 0 Å². The Hall–Kier alpha value is 3.44. The molecule has 54 heavy (non-hydrogen) atoms. The Morgan fingerprint density at radius 1 is 0.148 bits per heavy atom. The summed E-state index contributed by atoms with van der Waals surface area (Å²) >= 11 is 0. The average molecular weight is 643 g/mol. The van der Waals surface area contributed by atoms with Crippen LogP contribution in [0.5, 0.6) is 0 Å². The predicted octanol–water partition coefficient (Wildman–Crippen LogP) is -34.8. The van der Waals surface area contributed by atoms with E-state index in [9.17, 15) is 0 Å². The quantitative estimate of drug-likeness (QED) is 0.0870. The summed E-state index contributed by atoms with van der Waals surface area (Å²) in [6, 6.07) is 0. The molecule has 0 aromatic rings. The molecule has 53 heteroatoms. The van der Waals surface area contributed by atoms with Crippen molar-refractivity contribution >= 4 is 377 Å². The number of hydrogen-bond donors (Lipinski definition) is 0. The minimum Gasteiger partial charge on any atom is -0.146 e. The highest BCUT2D eigenvalue weighted by Gasteiger charge is 2.61. The van der Waals surface area contributed by atoms with Crippen molar-refractivity contribution in [2.75, 3.05) is 0 Å². The lowest BCUT2D eigenvalue weighted by molar-refractivity contribution is 1.80. The third kappa shape index (κ3) is 15.4. The van der Waals surface area contributed by atoms with Crippen molar-refractivity contribution in [2.45, 2.75) is 5.62 Å². The maximum absolute atomic E-state index is 2.64. The van der Waals surface area contributed by atoms with E-state index >= 15 is 0 Å². The van der Waals surface area contributed by atoms with Crippen molar-refractivity contribution in [1.29, 1.82) is 0 Å². The Bertz CT molecular complexity index is 800. The monoisotopic (exact) mass is 653 g/mol. The fraction of sp³-hybridized carbons (Fsp3) is 1.00. The smallest absolute Gasteiger partial charge is 0.0552 e. The van der Waals surface area contributed by atoms with E-state index in [2.05, 4.69) is 217 Å². The summed E-state index contributed by atoms with van der Waals surface area (Å²) in [6.07, 6.45) is 14.6. The van der Waals surface area contributed by atoms with E-state index in [0.717, 1.165) is 0 Å². The molecule has 0 nitrogen and oxygen atoms in total. The molecule has 0 atom stereocenters. The first kappa shape index (κ1) is 57.4. The predicted molar refractivity (Wildman–Crippen MR) is 387 cm³/mol. The number of hydrogen-bond acceptors (Lipinski definition) is 0. The van der Waals surface area contributed by atoms with Crippen molar-refractivity contribution in [3.63, 3.8) is 0 Å². The van der Waals surface area contributed by atoms with E-state index in [4.69, 9.17) is 0 Å². The van der Waals surface area contributed by atoms with Gasteiger partial charge in [-0.05, 0) is 0 Å². The van der Waals surface area contributed by atoms with Crippen molar-refractivity contribution in [2.24, 2.45) is 0 Å². The zero-order valence-corrected chi connectivity index (χ0v) is 43.0. The molecular weight excluding hydrogens is 585 g/mol. The fourth-order valence-electron chi connectivity index (χ4n) is 15.5. The second kappa shape index (κ2) is 26.2. The first-order chi connectivity index (χ1) is 24.5. The molecule has 0 bridgehead atoms. The van der Waals surface area contributed by atoms with E-state index in [0.29, 0.717) is 166 Å².